The number of benzene rings is 2. The summed E-state index contributed by atoms with van der Waals surface area (Å²) >= 11 is 6.18. The van der Waals surface area contributed by atoms with E-state index >= 15 is 0 Å². The molecule has 0 saturated carbocycles. The lowest BCUT2D eigenvalue weighted by molar-refractivity contribution is -0.118. The standard InChI is InChI=1S/C20H18ClN3O/c21-18-4-2-1-3-16(18)13-19(20(22)25)24-17-7-5-14(6-8-17)15-9-11-23-12-10-15/h1-12,19,24H,13H2,(H2,22,25). The highest BCUT2D eigenvalue weighted by molar-refractivity contribution is 6.31. The molecule has 4 nitrogen and oxygen atoms in total. The Kier molecular flexibility index (Phi) is 5.31. The Balaban J connectivity index is 1.74. The third-order valence-electron chi connectivity index (χ3n) is 3.96. The summed E-state index contributed by atoms with van der Waals surface area (Å²) in [5.41, 5.74) is 9.43. The van der Waals surface area contributed by atoms with Crippen molar-refractivity contribution in [2.75, 3.05) is 5.32 Å². The van der Waals surface area contributed by atoms with Gasteiger partial charge in [-0.1, -0.05) is 41.9 Å². The summed E-state index contributed by atoms with van der Waals surface area (Å²) in [6.07, 6.45) is 3.95. The zero-order valence-electron chi connectivity index (χ0n) is 13.5. The molecule has 1 heterocycles. The van der Waals surface area contributed by atoms with Crippen molar-refractivity contribution in [1.82, 2.24) is 4.98 Å². The van der Waals surface area contributed by atoms with E-state index in [0.29, 0.717) is 11.4 Å². The van der Waals surface area contributed by atoms with Gasteiger partial charge in [0, 0.05) is 29.5 Å². The molecule has 0 fully saturated rings. The molecule has 0 aliphatic carbocycles. The highest BCUT2D eigenvalue weighted by atomic mass is 35.5. The second kappa shape index (κ2) is 7.81. The first-order chi connectivity index (χ1) is 12.1. The summed E-state index contributed by atoms with van der Waals surface area (Å²) in [7, 11) is 0. The number of halogens is 1. The molecule has 1 unspecified atom stereocenters. The molecule has 0 spiro atoms. The van der Waals surface area contributed by atoms with Crippen LogP contribution in [-0.2, 0) is 11.2 Å². The molecule has 3 rings (SSSR count). The van der Waals surface area contributed by atoms with Gasteiger partial charge in [0.05, 0.1) is 0 Å². The van der Waals surface area contributed by atoms with Gasteiger partial charge < -0.3 is 11.1 Å². The van der Waals surface area contributed by atoms with Gasteiger partial charge in [-0.2, -0.15) is 0 Å². The average Bonchev–Trinajstić information content (AvgIpc) is 2.64. The maximum absolute atomic E-state index is 11.8. The predicted octanol–water partition coefficient (Wildman–Crippen LogP) is 3.91. The lowest BCUT2D eigenvalue weighted by Crippen LogP contribution is -2.37. The molecule has 5 heteroatoms. The van der Waals surface area contributed by atoms with Crippen LogP contribution in [0.3, 0.4) is 0 Å². The number of anilines is 1. The largest absolute Gasteiger partial charge is 0.373 e. The quantitative estimate of drug-likeness (QED) is 0.707. The van der Waals surface area contributed by atoms with Crippen LogP contribution in [0.2, 0.25) is 5.02 Å². The van der Waals surface area contributed by atoms with Gasteiger partial charge in [0.2, 0.25) is 5.91 Å². The smallest absolute Gasteiger partial charge is 0.240 e. The zero-order chi connectivity index (χ0) is 17.6. The van der Waals surface area contributed by atoms with Crippen LogP contribution < -0.4 is 11.1 Å². The third kappa shape index (κ3) is 4.37. The number of hydrogen-bond donors (Lipinski definition) is 2. The van der Waals surface area contributed by atoms with E-state index in [9.17, 15) is 4.79 Å². The number of rotatable bonds is 6. The molecule has 0 aliphatic heterocycles. The minimum Gasteiger partial charge on any atom is -0.373 e. The second-order valence-corrected chi connectivity index (χ2v) is 6.12. The van der Waals surface area contributed by atoms with Crippen molar-refractivity contribution in [3.05, 3.63) is 83.6 Å². The van der Waals surface area contributed by atoms with E-state index in [1.54, 1.807) is 18.5 Å². The van der Waals surface area contributed by atoms with Gasteiger partial charge in [-0.3, -0.25) is 9.78 Å². The number of carbonyl (C=O) groups excluding carboxylic acids is 1. The summed E-state index contributed by atoms with van der Waals surface area (Å²) in [5.74, 6) is -0.418. The number of nitrogens with zero attached hydrogens (tertiary/aromatic N) is 1. The van der Waals surface area contributed by atoms with Crippen molar-refractivity contribution < 1.29 is 4.79 Å². The summed E-state index contributed by atoms with van der Waals surface area (Å²) in [6, 6.07) is 18.7. The highest BCUT2D eigenvalue weighted by Gasteiger charge is 2.17. The van der Waals surface area contributed by atoms with Crippen LogP contribution in [0.1, 0.15) is 5.56 Å². The Morgan fingerprint density at radius 1 is 1.00 bits per heavy atom. The molecular weight excluding hydrogens is 334 g/mol. The van der Waals surface area contributed by atoms with Crippen molar-refractivity contribution in [3.63, 3.8) is 0 Å². The molecule has 0 aliphatic rings. The van der Waals surface area contributed by atoms with Crippen molar-refractivity contribution in [2.24, 2.45) is 5.73 Å². The Labute approximate surface area is 151 Å². The second-order valence-electron chi connectivity index (χ2n) is 5.71. The maximum atomic E-state index is 11.8. The lowest BCUT2D eigenvalue weighted by Gasteiger charge is -2.18. The van der Waals surface area contributed by atoms with Gasteiger partial charge in [0.15, 0.2) is 0 Å². The van der Waals surface area contributed by atoms with E-state index in [2.05, 4.69) is 10.3 Å². The minimum atomic E-state index is -0.535. The number of nitrogens with two attached hydrogens (primary N) is 1. The number of aromatic nitrogens is 1. The first-order valence-electron chi connectivity index (χ1n) is 7.93. The summed E-state index contributed by atoms with van der Waals surface area (Å²) in [6.45, 7) is 0. The van der Waals surface area contributed by atoms with Crippen molar-refractivity contribution in [2.45, 2.75) is 12.5 Å². The van der Waals surface area contributed by atoms with Gasteiger partial charge in [-0.15, -0.1) is 0 Å². The molecule has 1 aromatic heterocycles. The molecule has 2 aromatic carbocycles. The fraction of sp³-hybridized carbons (Fsp3) is 0.100. The molecule has 1 amide bonds. The summed E-state index contributed by atoms with van der Waals surface area (Å²) < 4.78 is 0. The van der Waals surface area contributed by atoms with Crippen molar-refractivity contribution in [3.8, 4) is 11.1 Å². The van der Waals surface area contributed by atoms with Gasteiger partial charge in [0.25, 0.3) is 0 Å². The van der Waals surface area contributed by atoms with Crippen LogP contribution in [0.4, 0.5) is 5.69 Å². The van der Waals surface area contributed by atoms with E-state index < -0.39 is 11.9 Å². The van der Waals surface area contributed by atoms with Crippen LogP contribution in [0, 0.1) is 0 Å². The zero-order valence-corrected chi connectivity index (χ0v) is 14.3. The molecule has 25 heavy (non-hydrogen) atoms. The van der Waals surface area contributed by atoms with E-state index in [1.165, 1.54) is 0 Å². The molecule has 0 radical (unpaired) electrons. The van der Waals surface area contributed by atoms with Gasteiger partial charge in [0.1, 0.15) is 6.04 Å². The first kappa shape index (κ1) is 17.0. The summed E-state index contributed by atoms with van der Waals surface area (Å²) in [5, 5.41) is 3.82. The molecule has 0 saturated heterocycles. The number of nitrogens with one attached hydrogen (secondary N) is 1. The van der Waals surface area contributed by atoms with Crippen LogP contribution >= 0.6 is 11.6 Å². The van der Waals surface area contributed by atoms with Gasteiger partial charge in [-0.25, -0.2) is 0 Å². The Hall–Kier alpha value is -2.85. The average molecular weight is 352 g/mol. The molecule has 126 valence electrons. The Morgan fingerprint density at radius 3 is 2.28 bits per heavy atom. The SMILES string of the molecule is NC(=O)C(Cc1ccccc1Cl)Nc1ccc(-c2ccncc2)cc1. The van der Waals surface area contributed by atoms with Gasteiger partial charge >= 0.3 is 0 Å². The third-order valence-corrected chi connectivity index (χ3v) is 4.33. The van der Waals surface area contributed by atoms with Crippen LogP contribution in [0.15, 0.2) is 73.1 Å². The number of amides is 1. The minimum absolute atomic E-state index is 0.418. The lowest BCUT2D eigenvalue weighted by atomic mass is 10.0. The first-order valence-corrected chi connectivity index (χ1v) is 8.31. The van der Waals surface area contributed by atoms with Crippen molar-refractivity contribution >= 4 is 23.2 Å². The summed E-state index contributed by atoms with van der Waals surface area (Å²) in [4.78, 5) is 15.8. The molecular formula is C20H18ClN3O. The fourth-order valence-electron chi connectivity index (χ4n) is 2.61. The van der Waals surface area contributed by atoms with E-state index in [1.807, 2.05) is 54.6 Å². The molecule has 1 atom stereocenters. The number of carbonyl (C=O) groups is 1. The number of hydrogen-bond acceptors (Lipinski definition) is 3. The van der Waals surface area contributed by atoms with E-state index in [0.717, 1.165) is 22.4 Å². The van der Waals surface area contributed by atoms with E-state index in [4.69, 9.17) is 17.3 Å². The monoisotopic (exact) mass is 351 g/mol. The van der Waals surface area contributed by atoms with Crippen molar-refractivity contribution in [1.29, 1.82) is 0 Å². The van der Waals surface area contributed by atoms with Crippen LogP contribution in [0.25, 0.3) is 11.1 Å². The van der Waals surface area contributed by atoms with Crippen LogP contribution in [0.5, 0.6) is 0 Å². The molecule has 0 bridgehead atoms. The Bertz CT molecular complexity index is 850. The Morgan fingerprint density at radius 2 is 1.64 bits per heavy atom. The molecule has 3 N–H and O–H groups in total. The number of primary amides is 1. The van der Waals surface area contributed by atoms with Crippen LogP contribution in [-0.4, -0.2) is 16.9 Å². The van der Waals surface area contributed by atoms with Gasteiger partial charge in [-0.05, 0) is 47.0 Å². The highest BCUT2D eigenvalue weighted by Crippen LogP contribution is 2.22. The topological polar surface area (TPSA) is 68.0 Å². The predicted molar refractivity (Wildman–Crippen MR) is 101 cm³/mol. The maximum Gasteiger partial charge on any atom is 0.240 e. The van der Waals surface area contributed by atoms with E-state index in [-0.39, 0.29) is 0 Å². The molecule has 3 aromatic rings. The fourth-order valence-corrected chi connectivity index (χ4v) is 2.82. The number of pyridine rings is 1. The normalized spacial score (nSPS) is 11.7.